The third-order valence-electron chi connectivity index (χ3n) is 1.27. The highest BCUT2D eigenvalue weighted by Crippen LogP contribution is 1.99. The maximum atomic E-state index is 11.5. The first kappa shape index (κ1) is 6.44. The van der Waals surface area contributed by atoms with Gasteiger partial charge in [-0.2, -0.15) is 0 Å². The van der Waals surface area contributed by atoms with Crippen LogP contribution in [0.25, 0.3) is 0 Å². The number of amides is 1. The fraction of sp³-hybridized carbons (Fsp3) is 0.750. The van der Waals surface area contributed by atoms with E-state index < -0.39 is 18.1 Å². The van der Waals surface area contributed by atoms with Gasteiger partial charge in [-0.15, -0.1) is 10.0 Å². The van der Waals surface area contributed by atoms with Crippen molar-refractivity contribution in [2.24, 2.45) is 0 Å². The minimum Gasteiger partial charge on any atom is -0.389 e. The van der Waals surface area contributed by atoms with Gasteiger partial charge in [0.15, 0.2) is 0 Å². The van der Waals surface area contributed by atoms with Crippen molar-refractivity contribution in [1.82, 2.24) is 10.9 Å². The predicted octanol–water partition coefficient (Wildman–Crippen LogP) is -1.68. The Kier molecular flexibility index (Phi) is 1.63. The topological polar surface area (TPSA) is 61.4 Å². The molecule has 0 aromatic rings. The Morgan fingerprint density at radius 1 is 1.89 bits per heavy atom. The highest BCUT2D eigenvalue weighted by atomic mass is 19.2. The summed E-state index contributed by atoms with van der Waals surface area (Å²) in [6.07, 6.45) is -0.942. The summed E-state index contributed by atoms with van der Waals surface area (Å²) < 4.78 is 11.5. The van der Waals surface area contributed by atoms with Gasteiger partial charge in [-0.1, -0.05) is 0 Å². The highest BCUT2D eigenvalue weighted by Gasteiger charge is 2.32. The Hall–Kier alpha value is -0.680. The molecule has 2 atom stereocenters. The molecule has 0 spiro atoms. The molecule has 1 saturated heterocycles. The molecule has 9 heavy (non-hydrogen) atoms. The van der Waals surface area contributed by atoms with Crippen molar-refractivity contribution in [1.29, 1.82) is 0 Å². The molecule has 0 unspecified atom stereocenters. The van der Waals surface area contributed by atoms with Crippen molar-refractivity contribution >= 4 is 5.91 Å². The molecule has 4 nitrogen and oxygen atoms in total. The Bertz CT molecular complexity index is 130. The van der Waals surface area contributed by atoms with Crippen LogP contribution in [-0.2, 0) is 4.79 Å². The van der Waals surface area contributed by atoms with Gasteiger partial charge in [0, 0.05) is 6.54 Å². The fourth-order valence-corrected chi connectivity index (χ4v) is 0.730. The van der Waals surface area contributed by atoms with E-state index >= 15 is 0 Å². The van der Waals surface area contributed by atoms with Crippen molar-refractivity contribution < 1.29 is 14.4 Å². The SMILES string of the molecule is O=C1NC[C@@H](O)[C@@H]1NF. The number of halogens is 1. The Morgan fingerprint density at radius 2 is 2.56 bits per heavy atom. The average Bonchev–Trinajstić information content (AvgIpc) is 2.12. The Morgan fingerprint density at radius 3 is 2.78 bits per heavy atom. The summed E-state index contributed by atoms with van der Waals surface area (Å²) in [5, 5.41) is 11.1. The number of carbonyl (C=O) groups is 1. The first-order valence-corrected chi connectivity index (χ1v) is 2.57. The van der Waals surface area contributed by atoms with Gasteiger partial charge < -0.3 is 10.4 Å². The van der Waals surface area contributed by atoms with Crippen LogP contribution in [0.1, 0.15) is 0 Å². The smallest absolute Gasteiger partial charge is 0.242 e. The lowest BCUT2D eigenvalue weighted by Gasteiger charge is -2.04. The normalized spacial score (nSPS) is 34.7. The third-order valence-corrected chi connectivity index (χ3v) is 1.27. The molecule has 1 aliphatic heterocycles. The summed E-state index contributed by atoms with van der Waals surface area (Å²) in [7, 11) is 0. The van der Waals surface area contributed by atoms with Crippen molar-refractivity contribution in [2.45, 2.75) is 12.1 Å². The first-order valence-electron chi connectivity index (χ1n) is 2.57. The summed E-state index contributed by atoms with van der Waals surface area (Å²) in [6.45, 7) is 0.125. The number of rotatable bonds is 1. The van der Waals surface area contributed by atoms with Gasteiger partial charge in [0.05, 0.1) is 6.10 Å². The maximum Gasteiger partial charge on any atom is 0.242 e. The molecule has 1 heterocycles. The minimum absolute atomic E-state index is 0.125. The van der Waals surface area contributed by atoms with E-state index in [1.54, 1.807) is 0 Å². The molecule has 52 valence electrons. The van der Waals surface area contributed by atoms with E-state index in [0.717, 1.165) is 0 Å². The number of carbonyl (C=O) groups excluding carboxylic acids is 1. The van der Waals surface area contributed by atoms with E-state index in [2.05, 4.69) is 5.32 Å². The zero-order valence-corrected chi connectivity index (χ0v) is 4.60. The lowest BCUT2D eigenvalue weighted by atomic mass is 10.2. The summed E-state index contributed by atoms with van der Waals surface area (Å²) in [5.74, 6) is -0.495. The number of hydrogen-bond donors (Lipinski definition) is 3. The van der Waals surface area contributed by atoms with Crippen LogP contribution in [0.4, 0.5) is 4.48 Å². The zero-order chi connectivity index (χ0) is 6.85. The molecule has 0 aliphatic carbocycles. The van der Waals surface area contributed by atoms with Crippen molar-refractivity contribution in [2.75, 3.05) is 6.54 Å². The number of hydrogen-bond acceptors (Lipinski definition) is 3. The summed E-state index contributed by atoms with van der Waals surface area (Å²) in [5.41, 5.74) is 1.20. The van der Waals surface area contributed by atoms with E-state index in [1.807, 2.05) is 0 Å². The third kappa shape index (κ3) is 1.01. The van der Waals surface area contributed by atoms with Gasteiger partial charge in [0.1, 0.15) is 6.04 Å². The van der Waals surface area contributed by atoms with Gasteiger partial charge in [-0.05, 0) is 0 Å². The van der Waals surface area contributed by atoms with Crippen LogP contribution < -0.4 is 10.9 Å². The number of β-amino-alcohol motifs (C(OH)–C–C–N with tert-alkyl or cyclic N) is 1. The van der Waals surface area contributed by atoms with Gasteiger partial charge >= 0.3 is 0 Å². The molecule has 0 aromatic heterocycles. The van der Waals surface area contributed by atoms with Crippen molar-refractivity contribution in [3.8, 4) is 0 Å². The Labute approximate surface area is 51.0 Å². The van der Waals surface area contributed by atoms with Crippen LogP contribution in [0.2, 0.25) is 0 Å². The quantitative estimate of drug-likeness (QED) is 0.375. The van der Waals surface area contributed by atoms with E-state index in [4.69, 9.17) is 5.11 Å². The monoisotopic (exact) mass is 134 g/mol. The Balaban J connectivity index is 2.55. The van der Waals surface area contributed by atoms with Crippen LogP contribution in [-0.4, -0.2) is 29.7 Å². The van der Waals surface area contributed by atoms with Gasteiger partial charge in [0.25, 0.3) is 0 Å². The molecule has 3 N–H and O–H groups in total. The summed E-state index contributed by atoms with van der Waals surface area (Å²) >= 11 is 0. The second-order valence-electron chi connectivity index (χ2n) is 1.90. The second-order valence-corrected chi connectivity index (χ2v) is 1.90. The molecule has 1 rings (SSSR count). The van der Waals surface area contributed by atoms with E-state index in [0.29, 0.717) is 0 Å². The van der Waals surface area contributed by atoms with Crippen LogP contribution in [0.5, 0.6) is 0 Å². The molecule has 1 fully saturated rings. The van der Waals surface area contributed by atoms with E-state index in [-0.39, 0.29) is 6.54 Å². The molecule has 0 radical (unpaired) electrons. The standard InChI is InChI=1S/C4H7FN2O2/c5-7-3-2(8)1-6-4(3)9/h2-3,7-8H,1H2,(H,6,9)/t2-,3+/m1/s1. The molecule has 0 aromatic carbocycles. The minimum atomic E-state index is -1.08. The molecule has 0 bridgehead atoms. The van der Waals surface area contributed by atoms with Gasteiger partial charge in [-0.3, -0.25) is 4.79 Å². The first-order chi connectivity index (χ1) is 4.25. The molecule has 1 amide bonds. The van der Waals surface area contributed by atoms with Gasteiger partial charge in [-0.25, -0.2) is 0 Å². The summed E-state index contributed by atoms with van der Waals surface area (Å²) in [4.78, 5) is 10.4. The predicted molar refractivity (Wildman–Crippen MR) is 27.0 cm³/mol. The van der Waals surface area contributed by atoms with E-state index in [9.17, 15) is 9.28 Å². The van der Waals surface area contributed by atoms with Crippen molar-refractivity contribution in [3.05, 3.63) is 0 Å². The number of nitrogens with one attached hydrogen (secondary N) is 2. The zero-order valence-electron chi connectivity index (χ0n) is 4.60. The lowest BCUT2D eigenvalue weighted by molar-refractivity contribution is -0.122. The lowest BCUT2D eigenvalue weighted by Crippen LogP contribution is -2.37. The molecular formula is C4H7FN2O2. The highest BCUT2D eigenvalue weighted by molar-refractivity contribution is 5.84. The van der Waals surface area contributed by atoms with Crippen LogP contribution in [0.15, 0.2) is 0 Å². The number of aliphatic hydroxyl groups excluding tert-OH is 1. The van der Waals surface area contributed by atoms with Gasteiger partial charge in [0.2, 0.25) is 5.91 Å². The summed E-state index contributed by atoms with van der Waals surface area (Å²) in [6, 6.07) is -1.08. The van der Waals surface area contributed by atoms with Crippen molar-refractivity contribution in [3.63, 3.8) is 0 Å². The number of aliphatic hydroxyl groups is 1. The molecular weight excluding hydrogens is 127 g/mol. The fourth-order valence-electron chi connectivity index (χ4n) is 0.730. The van der Waals surface area contributed by atoms with E-state index in [1.165, 1.54) is 5.54 Å². The second kappa shape index (κ2) is 2.28. The average molecular weight is 134 g/mol. The molecule has 1 aliphatic rings. The van der Waals surface area contributed by atoms with Crippen LogP contribution >= 0.6 is 0 Å². The molecule has 0 saturated carbocycles. The largest absolute Gasteiger partial charge is 0.389 e. The molecule has 5 heteroatoms. The maximum absolute atomic E-state index is 11.5. The van der Waals surface area contributed by atoms with Crippen LogP contribution in [0.3, 0.4) is 0 Å². The van der Waals surface area contributed by atoms with Crippen LogP contribution in [0, 0.1) is 0 Å².